The molecule has 4 heteroatoms. The topological polar surface area (TPSA) is 57.6 Å². The SMILES string of the molecule is CC[C@@H](C)CC(=O)N1CCC[C@@H](C(=O)O)C1. The van der Waals surface area contributed by atoms with Crippen LogP contribution in [0.15, 0.2) is 0 Å². The van der Waals surface area contributed by atoms with Gasteiger partial charge < -0.3 is 10.0 Å². The van der Waals surface area contributed by atoms with Gasteiger partial charge in [-0.3, -0.25) is 9.59 Å². The summed E-state index contributed by atoms with van der Waals surface area (Å²) >= 11 is 0. The van der Waals surface area contributed by atoms with Crippen molar-refractivity contribution >= 4 is 11.9 Å². The first-order valence-electron chi connectivity index (χ1n) is 6.05. The zero-order valence-corrected chi connectivity index (χ0v) is 10.1. The molecule has 0 saturated carbocycles. The molecule has 1 rings (SSSR count). The molecule has 0 aromatic heterocycles. The Hall–Kier alpha value is -1.06. The van der Waals surface area contributed by atoms with Crippen LogP contribution in [0.5, 0.6) is 0 Å². The second-order valence-electron chi connectivity index (χ2n) is 4.73. The summed E-state index contributed by atoms with van der Waals surface area (Å²) in [5.74, 6) is -0.645. The molecular weight excluding hydrogens is 206 g/mol. The Kier molecular flexibility index (Phi) is 4.77. The van der Waals surface area contributed by atoms with E-state index in [9.17, 15) is 9.59 Å². The number of rotatable bonds is 4. The molecule has 0 spiro atoms. The van der Waals surface area contributed by atoms with Crippen molar-refractivity contribution in [2.75, 3.05) is 13.1 Å². The van der Waals surface area contributed by atoms with Gasteiger partial charge in [-0.2, -0.15) is 0 Å². The van der Waals surface area contributed by atoms with Crippen molar-refractivity contribution in [3.05, 3.63) is 0 Å². The van der Waals surface area contributed by atoms with Crippen LogP contribution in [0.3, 0.4) is 0 Å². The van der Waals surface area contributed by atoms with Gasteiger partial charge >= 0.3 is 5.97 Å². The molecule has 2 atom stereocenters. The van der Waals surface area contributed by atoms with Crippen molar-refractivity contribution in [3.63, 3.8) is 0 Å². The highest BCUT2D eigenvalue weighted by molar-refractivity contribution is 5.78. The number of nitrogens with zero attached hydrogens (tertiary/aromatic N) is 1. The molecule has 16 heavy (non-hydrogen) atoms. The highest BCUT2D eigenvalue weighted by Crippen LogP contribution is 2.19. The van der Waals surface area contributed by atoms with Crippen LogP contribution in [0.25, 0.3) is 0 Å². The number of carboxylic acid groups (broad SMARTS) is 1. The van der Waals surface area contributed by atoms with Crippen LogP contribution in [0.4, 0.5) is 0 Å². The third-order valence-corrected chi connectivity index (χ3v) is 3.34. The molecule has 1 aliphatic heterocycles. The van der Waals surface area contributed by atoms with Crippen molar-refractivity contribution in [1.29, 1.82) is 0 Å². The van der Waals surface area contributed by atoms with Crippen LogP contribution in [-0.2, 0) is 9.59 Å². The van der Waals surface area contributed by atoms with Crippen LogP contribution >= 0.6 is 0 Å². The lowest BCUT2D eigenvalue weighted by Gasteiger charge is -2.31. The molecule has 0 aromatic rings. The number of carboxylic acids is 1. The number of hydrogen-bond donors (Lipinski definition) is 1. The molecule has 1 heterocycles. The van der Waals surface area contributed by atoms with E-state index in [4.69, 9.17) is 5.11 Å². The summed E-state index contributed by atoms with van der Waals surface area (Å²) in [5, 5.41) is 8.93. The number of hydrogen-bond acceptors (Lipinski definition) is 2. The average molecular weight is 227 g/mol. The van der Waals surface area contributed by atoms with Gasteiger partial charge in [-0.15, -0.1) is 0 Å². The molecule has 92 valence electrons. The maximum atomic E-state index is 11.9. The van der Waals surface area contributed by atoms with Gasteiger partial charge in [0.15, 0.2) is 0 Å². The van der Waals surface area contributed by atoms with E-state index in [-0.39, 0.29) is 11.8 Å². The lowest BCUT2D eigenvalue weighted by Crippen LogP contribution is -2.42. The highest BCUT2D eigenvalue weighted by Gasteiger charge is 2.28. The van der Waals surface area contributed by atoms with Gasteiger partial charge in [-0.1, -0.05) is 20.3 Å². The Morgan fingerprint density at radius 2 is 2.19 bits per heavy atom. The highest BCUT2D eigenvalue weighted by atomic mass is 16.4. The Morgan fingerprint density at radius 1 is 1.50 bits per heavy atom. The Balaban J connectivity index is 2.47. The molecule has 1 amide bonds. The number of aliphatic carboxylic acids is 1. The summed E-state index contributed by atoms with van der Waals surface area (Å²) in [5.41, 5.74) is 0. The average Bonchev–Trinajstić information content (AvgIpc) is 2.28. The molecule has 0 aromatic carbocycles. The molecule has 0 bridgehead atoms. The monoisotopic (exact) mass is 227 g/mol. The molecule has 4 nitrogen and oxygen atoms in total. The number of piperidine rings is 1. The molecule has 0 aliphatic carbocycles. The maximum absolute atomic E-state index is 11.9. The van der Waals surface area contributed by atoms with Gasteiger partial charge in [0, 0.05) is 19.5 Å². The van der Waals surface area contributed by atoms with E-state index < -0.39 is 5.97 Å². The standard InChI is InChI=1S/C12H21NO3/c1-3-9(2)7-11(14)13-6-4-5-10(8-13)12(15)16/h9-10H,3-8H2,1-2H3,(H,15,16)/t9-,10-/m1/s1. The lowest BCUT2D eigenvalue weighted by molar-refractivity contribution is -0.145. The third-order valence-electron chi connectivity index (χ3n) is 3.34. The summed E-state index contributed by atoms with van der Waals surface area (Å²) in [6, 6.07) is 0. The van der Waals surface area contributed by atoms with Crippen molar-refractivity contribution in [2.45, 2.75) is 39.5 Å². The lowest BCUT2D eigenvalue weighted by atomic mass is 9.97. The van der Waals surface area contributed by atoms with E-state index >= 15 is 0 Å². The summed E-state index contributed by atoms with van der Waals surface area (Å²) in [6.07, 6.45) is 3.04. The van der Waals surface area contributed by atoms with Crippen LogP contribution in [0, 0.1) is 11.8 Å². The Labute approximate surface area is 96.6 Å². The normalized spacial score (nSPS) is 22.9. The van der Waals surface area contributed by atoms with E-state index in [0.29, 0.717) is 25.3 Å². The van der Waals surface area contributed by atoms with Gasteiger partial charge in [0.25, 0.3) is 0 Å². The second-order valence-corrected chi connectivity index (χ2v) is 4.73. The molecule has 1 aliphatic rings. The largest absolute Gasteiger partial charge is 0.481 e. The van der Waals surface area contributed by atoms with Crippen LogP contribution in [0.1, 0.15) is 39.5 Å². The van der Waals surface area contributed by atoms with Crippen molar-refractivity contribution in [2.24, 2.45) is 11.8 Å². The zero-order chi connectivity index (χ0) is 12.1. The third kappa shape index (κ3) is 3.51. The van der Waals surface area contributed by atoms with Crippen molar-refractivity contribution in [1.82, 2.24) is 4.90 Å². The van der Waals surface area contributed by atoms with E-state index in [0.717, 1.165) is 19.4 Å². The minimum atomic E-state index is -0.777. The van der Waals surface area contributed by atoms with E-state index in [1.54, 1.807) is 4.90 Å². The van der Waals surface area contributed by atoms with Crippen LogP contribution in [0.2, 0.25) is 0 Å². The van der Waals surface area contributed by atoms with Crippen LogP contribution in [-0.4, -0.2) is 35.0 Å². The molecule has 0 radical (unpaired) electrons. The quantitative estimate of drug-likeness (QED) is 0.796. The fraction of sp³-hybridized carbons (Fsp3) is 0.833. The number of carbonyl (C=O) groups excluding carboxylic acids is 1. The van der Waals surface area contributed by atoms with Gasteiger partial charge in [0.2, 0.25) is 5.91 Å². The van der Waals surface area contributed by atoms with E-state index in [1.807, 2.05) is 0 Å². The van der Waals surface area contributed by atoms with Gasteiger partial charge in [-0.05, 0) is 18.8 Å². The van der Waals surface area contributed by atoms with Crippen molar-refractivity contribution in [3.8, 4) is 0 Å². The van der Waals surface area contributed by atoms with Gasteiger partial charge in [0.1, 0.15) is 0 Å². The van der Waals surface area contributed by atoms with Gasteiger partial charge in [-0.25, -0.2) is 0 Å². The zero-order valence-electron chi connectivity index (χ0n) is 10.1. The fourth-order valence-corrected chi connectivity index (χ4v) is 1.98. The Bertz CT molecular complexity index is 265. The maximum Gasteiger partial charge on any atom is 0.308 e. The smallest absolute Gasteiger partial charge is 0.308 e. The molecule has 1 saturated heterocycles. The summed E-state index contributed by atoms with van der Waals surface area (Å²) < 4.78 is 0. The number of likely N-dealkylation sites (tertiary alicyclic amines) is 1. The van der Waals surface area contributed by atoms with Crippen molar-refractivity contribution < 1.29 is 14.7 Å². The molecule has 1 fully saturated rings. The molecule has 0 unspecified atom stereocenters. The summed E-state index contributed by atoms with van der Waals surface area (Å²) in [4.78, 5) is 24.4. The van der Waals surface area contributed by atoms with Gasteiger partial charge in [0.05, 0.1) is 5.92 Å². The molecular formula is C12H21NO3. The first-order valence-corrected chi connectivity index (χ1v) is 6.05. The first kappa shape index (κ1) is 13.0. The van der Waals surface area contributed by atoms with E-state index in [2.05, 4.69) is 13.8 Å². The summed E-state index contributed by atoms with van der Waals surface area (Å²) in [6.45, 7) is 5.23. The minimum Gasteiger partial charge on any atom is -0.481 e. The number of amides is 1. The predicted molar refractivity (Wildman–Crippen MR) is 61.0 cm³/mol. The molecule has 1 N–H and O–H groups in total. The predicted octanol–water partition coefficient (Wildman–Crippen LogP) is 1.75. The first-order chi connectivity index (χ1) is 7.54. The van der Waals surface area contributed by atoms with Crippen LogP contribution < -0.4 is 0 Å². The number of carbonyl (C=O) groups is 2. The van der Waals surface area contributed by atoms with E-state index in [1.165, 1.54) is 0 Å². The Morgan fingerprint density at radius 3 is 2.75 bits per heavy atom. The second kappa shape index (κ2) is 5.87. The fourth-order valence-electron chi connectivity index (χ4n) is 1.98. The summed E-state index contributed by atoms with van der Waals surface area (Å²) in [7, 11) is 0. The minimum absolute atomic E-state index is 0.111.